The van der Waals surface area contributed by atoms with E-state index in [1.54, 1.807) is 0 Å². The molecule has 4 nitrogen and oxygen atoms in total. The average molecular weight is 192 g/mol. The predicted molar refractivity (Wildman–Crippen MR) is 49.3 cm³/mol. The zero-order chi connectivity index (χ0) is 9.23. The quantitative estimate of drug-likeness (QED) is 0.530. The number of rotatable bonds is 3. The molecule has 5 N–H and O–H groups in total. The van der Waals surface area contributed by atoms with Crippen LogP contribution in [0.4, 0.5) is 0 Å². The highest BCUT2D eigenvalue weighted by atomic mass is 32.1. The highest BCUT2D eigenvalue weighted by molar-refractivity contribution is 7.82. The number of thiocarbonyl (C=S) groups is 2. The molecule has 0 spiro atoms. The number of hydrogen-bond donors (Lipinski definition) is 3. The Kier molecular flexibility index (Phi) is 2.89. The first kappa shape index (κ1) is 10.2. The minimum atomic E-state index is -1.56. The van der Waals surface area contributed by atoms with Crippen molar-refractivity contribution in [1.82, 2.24) is 0 Å². The molecule has 0 atom stereocenters. The van der Waals surface area contributed by atoms with Crippen molar-refractivity contribution < 1.29 is 9.90 Å². The fourth-order valence-electron chi connectivity index (χ4n) is 0.332. The van der Waals surface area contributed by atoms with Gasteiger partial charge in [-0.1, -0.05) is 24.4 Å². The number of carboxylic acids is 1. The van der Waals surface area contributed by atoms with Gasteiger partial charge in [-0.2, -0.15) is 0 Å². The van der Waals surface area contributed by atoms with Crippen LogP contribution in [-0.2, 0) is 4.79 Å². The molecule has 0 rings (SSSR count). The van der Waals surface area contributed by atoms with Gasteiger partial charge in [0.2, 0.25) is 0 Å². The van der Waals surface area contributed by atoms with Gasteiger partial charge in [0.15, 0.2) is 5.41 Å². The van der Waals surface area contributed by atoms with Crippen molar-refractivity contribution in [2.75, 3.05) is 0 Å². The minimum absolute atomic E-state index is 0.225. The molecule has 0 fully saturated rings. The molecule has 0 radical (unpaired) electrons. The molecular weight excluding hydrogens is 184 g/mol. The molecule has 0 bridgehead atoms. The Hall–Kier alpha value is -0.750. The Morgan fingerprint density at radius 1 is 1.36 bits per heavy atom. The molecule has 11 heavy (non-hydrogen) atoms. The van der Waals surface area contributed by atoms with Crippen LogP contribution in [0.5, 0.6) is 0 Å². The van der Waals surface area contributed by atoms with Crippen LogP contribution < -0.4 is 11.5 Å². The van der Waals surface area contributed by atoms with Crippen LogP contribution >= 0.6 is 24.4 Å². The van der Waals surface area contributed by atoms with Gasteiger partial charge in [0.1, 0.15) is 0 Å². The van der Waals surface area contributed by atoms with E-state index in [4.69, 9.17) is 16.6 Å². The van der Waals surface area contributed by atoms with Crippen molar-refractivity contribution in [2.45, 2.75) is 6.92 Å². The normalized spacial score (nSPS) is 10.6. The van der Waals surface area contributed by atoms with Crippen LogP contribution in [0.2, 0.25) is 0 Å². The van der Waals surface area contributed by atoms with Crippen molar-refractivity contribution in [3.8, 4) is 0 Å². The maximum Gasteiger partial charge on any atom is 0.323 e. The second-order valence-electron chi connectivity index (χ2n) is 2.16. The lowest BCUT2D eigenvalue weighted by Crippen LogP contribution is -2.49. The molecule has 0 unspecified atom stereocenters. The van der Waals surface area contributed by atoms with E-state index in [0.29, 0.717) is 0 Å². The molecule has 0 heterocycles. The Morgan fingerprint density at radius 2 is 1.64 bits per heavy atom. The van der Waals surface area contributed by atoms with Crippen molar-refractivity contribution in [2.24, 2.45) is 16.9 Å². The lowest BCUT2D eigenvalue weighted by Gasteiger charge is -2.20. The summed E-state index contributed by atoms with van der Waals surface area (Å²) in [4.78, 5) is 10.1. The van der Waals surface area contributed by atoms with E-state index in [2.05, 4.69) is 24.4 Å². The summed E-state index contributed by atoms with van der Waals surface area (Å²) in [5, 5.41) is 8.64. The molecule has 0 aromatic rings. The van der Waals surface area contributed by atoms with E-state index in [1.165, 1.54) is 6.92 Å². The first-order chi connectivity index (χ1) is 4.83. The van der Waals surface area contributed by atoms with Crippen LogP contribution in [-0.4, -0.2) is 21.1 Å². The van der Waals surface area contributed by atoms with Gasteiger partial charge in [-0.3, -0.25) is 4.79 Å². The van der Waals surface area contributed by atoms with Crippen molar-refractivity contribution in [1.29, 1.82) is 0 Å². The standard InChI is InChI=1S/C5H8N2O2S2/c1-5(2(6)10,3(7)11)4(8)9/h1H3,(H2,6,10)(H2,7,11)(H,8,9). The van der Waals surface area contributed by atoms with Gasteiger partial charge in [-0.05, 0) is 6.92 Å². The van der Waals surface area contributed by atoms with E-state index in [9.17, 15) is 4.79 Å². The van der Waals surface area contributed by atoms with Crippen LogP contribution in [0.25, 0.3) is 0 Å². The Bertz CT molecular complexity index is 190. The number of hydrogen-bond acceptors (Lipinski definition) is 3. The summed E-state index contributed by atoms with van der Waals surface area (Å²) in [6, 6.07) is 0. The van der Waals surface area contributed by atoms with E-state index >= 15 is 0 Å². The first-order valence-electron chi connectivity index (χ1n) is 2.66. The smallest absolute Gasteiger partial charge is 0.323 e. The van der Waals surface area contributed by atoms with Gasteiger partial charge in [-0.25, -0.2) is 0 Å². The molecule has 62 valence electrons. The maximum absolute atomic E-state index is 10.6. The monoisotopic (exact) mass is 192 g/mol. The first-order valence-corrected chi connectivity index (χ1v) is 3.48. The maximum atomic E-state index is 10.6. The molecule has 0 aromatic carbocycles. The van der Waals surface area contributed by atoms with Gasteiger partial charge in [0, 0.05) is 0 Å². The number of carbonyl (C=O) groups is 1. The molecule has 0 aliphatic carbocycles. The van der Waals surface area contributed by atoms with Gasteiger partial charge in [0.25, 0.3) is 0 Å². The second kappa shape index (κ2) is 3.10. The summed E-state index contributed by atoms with van der Waals surface area (Å²) in [7, 11) is 0. The highest BCUT2D eigenvalue weighted by Gasteiger charge is 2.39. The van der Waals surface area contributed by atoms with E-state index in [0.717, 1.165) is 0 Å². The highest BCUT2D eigenvalue weighted by Crippen LogP contribution is 2.17. The van der Waals surface area contributed by atoms with Crippen molar-refractivity contribution >= 4 is 40.4 Å². The van der Waals surface area contributed by atoms with Crippen LogP contribution in [0.3, 0.4) is 0 Å². The number of carboxylic acid groups (broad SMARTS) is 1. The zero-order valence-electron chi connectivity index (χ0n) is 5.83. The fraction of sp³-hybridized carbons (Fsp3) is 0.400. The lowest BCUT2D eigenvalue weighted by molar-refractivity contribution is -0.141. The second-order valence-corrected chi connectivity index (χ2v) is 3.04. The molecule has 0 saturated heterocycles. The van der Waals surface area contributed by atoms with Gasteiger partial charge in [-0.15, -0.1) is 0 Å². The molecule has 0 aliphatic heterocycles. The summed E-state index contributed by atoms with van der Waals surface area (Å²) >= 11 is 9.02. The number of aliphatic carboxylic acids is 1. The molecule has 0 aromatic heterocycles. The van der Waals surface area contributed by atoms with Gasteiger partial charge < -0.3 is 16.6 Å². The van der Waals surface area contributed by atoms with E-state index < -0.39 is 11.4 Å². The minimum Gasteiger partial charge on any atom is -0.480 e. The van der Waals surface area contributed by atoms with Crippen molar-refractivity contribution in [3.63, 3.8) is 0 Å². The lowest BCUT2D eigenvalue weighted by atomic mass is 9.91. The fourth-order valence-corrected chi connectivity index (χ4v) is 0.791. The zero-order valence-corrected chi connectivity index (χ0v) is 7.46. The Morgan fingerprint density at radius 3 is 1.64 bits per heavy atom. The topological polar surface area (TPSA) is 89.3 Å². The third kappa shape index (κ3) is 1.63. The Labute approximate surface area is 74.6 Å². The molecule has 6 heteroatoms. The third-order valence-electron chi connectivity index (χ3n) is 1.41. The van der Waals surface area contributed by atoms with E-state index in [-0.39, 0.29) is 9.98 Å². The van der Waals surface area contributed by atoms with Gasteiger partial charge >= 0.3 is 5.97 Å². The van der Waals surface area contributed by atoms with Crippen LogP contribution in [0.15, 0.2) is 0 Å². The summed E-state index contributed by atoms with van der Waals surface area (Å²) in [6.07, 6.45) is 0. The molecule has 0 aliphatic rings. The summed E-state index contributed by atoms with van der Waals surface area (Å²) in [5.74, 6) is -1.22. The summed E-state index contributed by atoms with van der Waals surface area (Å²) in [5.41, 5.74) is 8.75. The molecule has 0 amide bonds. The molecule has 0 saturated carbocycles. The van der Waals surface area contributed by atoms with E-state index in [1.807, 2.05) is 0 Å². The van der Waals surface area contributed by atoms with Gasteiger partial charge in [0.05, 0.1) is 9.98 Å². The van der Waals surface area contributed by atoms with Crippen molar-refractivity contribution in [3.05, 3.63) is 0 Å². The molecular formula is C5H8N2O2S2. The van der Waals surface area contributed by atoms with Crippen LogP contribution in [0, 0.1) is 5.41 Å². The van der Waals surface area contributed by atoms with Crippen LogP contribution in [0.1, 0.15) is 6.92 Å². The summed E-state index contributed by atoms with van der Waals surface area (Å²) < 4.78 is 0. The third-order valence-corrected chi connectivity index (χ3v) is 2.23. The Balaban J connectivity index is 4.99. The average Bonchev–Trinajstić information content (AvgIpc) is 1.84. The summed E-state index contributed by atoms with van der Waals surface area (Å²) in [6.45, 7) is 1.28. The predicted octanol–water partition coefficient (Wildman–Crippen LogP) is -0.350. The largest absolute Gasteiger partial charge is 0.480 e. The SMILES string of the molecule is CC(C(=O)O)(C(N)=S)C(N)=S. The number of nitrogens with two attached hydrogens (primary N) is 2.